The number of para-hydroxylation sites is 1. The molecule has 0 bridgehead atoms. The number of halogens is 2. The molecule has 1 saturated heterocycles. The smallest absolute Gasteiger partial charge is 0.322 e. The van der Waals surface area contributed by atoms with E-state index in [2.05, 4.69) is 9.88 Å². The summed E-state index contributed by atoms with van der Waals surface area (Å²) < 4.78 is 7.54. The molecule has 0 saturated carbocycles. The molecule has 200 valence electrons. The van der Waals surface area contributed by atoms with Crippen molar-refractivity contribution in [3.05, 3.63) is 100 Å². The highest BCUT2D eigenvalue weighted by atomic mass is 35.5. The third-order valence-corrected chi connectivity index (χ3v) is 7.72. The molecule has 1 aromatic heterocycles. The molecule has 0 spiro atoms. The Morgan fingerprint density at radius 2 is 1.54 bits per heavy atom. The van der Waals surface area contributed by atoms with Crippen molar-refractivity contribution < 1.29 is 14.3 Å². The van der Waals surface area contributed by atoms with Crippen LogP contribution in [-0.2, 0) is 0 Å². The third-order valence-electron chi connectivity index (χ3n) is 6.90. The average molecular weight is 563 g/mol. The van der Waals surface area contributed by atoms with Gasteiger partial charge in [0.25, 0.3) is 5.91 Å². The third kappa shape index (κ3) is 5.46. The first-order valence-electron chi connectivity index (χ1n) is 12.6. The van der Waals surface area contributed by atoms with E-state index in [-0.39, 0.29) is 11.9 Å². The number of urea groups is 1. The highest BCUT2D eigenvalue weighted by molar-refractivity contribution is 6.43. The number of hydrogen-bond acceptors (Lipinski definition) is 3. The van der Waals surface area contributed by atoms with Gasteiger partial charge in [0.05, 0.1) is 34.1 Å². The number of methoxy groups -OCH3 is 1. The maximum Gasteiger partial charge on any atom is 0.322 e. The van der Waals surface area contributed by atoms with Crippen LogP contribution in [0.1, 0.15) is 16.1 Å². The molecule has 9 heteroatoms. The fraction of sp³-hybridized carbons (Fsp3) is 0.200. The van der Waals surface area contributed by atoms with E-state index >= 15 is 0 Å². The van der Waals surface area contributed by atoms with E-state index in [9.17, 15) is 9.59 Å². The Balaban J connectivity index is 1.37. The zero-order chi connectivity index (χ0) is 27.5. The van der Waals surface area contributed by atoms with Crippen LogP contribution in [0.2, 0.25) is 10.0 Å². The van der Waals surface area contributed by atoms with Crippen LogP contribution in [0.3, 0.4) is 0 Å². The number of aromatic nitrogens is 1. The summed E-state index contributed by atoms with van der Waals surface area (Å²) in [5, 5.41) is 3.48. The Bertz CT molecular complexity index is 1510. The van der Waals surface area contributed by atoms with Crippen LogP contribution in [0.5, 0.6) is 5.75 Å². The van der Waals surface area contributed by atoms with E-state index in [0.717, 1.165) is 28.4 Å². The summed E-state index contributed by atoms with van der Waals surface area (Å²) in [5.41, 5.74) is 4.74. The summed E-state index contributed by atoms with van der Waals surface area (Å²) in [7, 11) is 1.64. The van der Waals surface area contributed by atoms with E-state index in [4.69, 9.17) is 27.9 Å². The largest absolute Gasteiger partial charge is 0.497 e. The molecule has 0 aliphatic carbocycles. The molecule has 1 fully saturated rings. The zero-order valence-corrected chi connectivity index (χ0v) is 23.2. The Hall–Kier alpha value is -3.94. The number of nitrogens with zero attached hydrogens (tertiary/aromatic N) is 3. The lowest BCUT2D eigenvalue weighted by atomic mass is 10.1. The molecule has 1 aliphatic rings. The van der Waals surface area contributed by atoms with Crippen molar-refractivity contribution in [3.63, 3.8) is 0 Å². The van der Waals surface area contributed by atoms with Gasteiger partial charge in [-0.2, -0.15) is 0 Å². The number of carbonyl (C=O) groups excluding carboxylic acids is 2. The van der Waals surface area contributed by atoms with Gasteiger partial charge >= 0.3 is 6.03 Å². The SMILES string of the molecule is COc1cccc(-c2cc(C(=O)N3CCN(C(=O)Nc4cccc(Cl)c4Cl)CC3)c(C)n2-c2ccccc2)c1. The first-order chi connectivity index (χ1) is 18.9. The molecule has 4 aromatic rings. The van der Waals surface area contributed by atoms with E-state index < -0.39 is 0 Å². The number of anilines is 1. The van der Waals surface area contributed by atoms with Crippen LogP contribution < -0.4 is 10.1 Å². The number of piperazine rings is 1. The molecule has 5 rings (SSSR count). The predicted octanol–water partition coefficient (Wildman–Crippen LogP) is 6.76. The molecule has 3 aromatic carbocycles. The monoisotopic (exact) mass is 562 g/mol. The first-order valence-corrected chi connectivity index (χ1v) is 13.3. The van der Waals surface area contributed by atoms with Crippen LogP contribution in [0.15, 0.2) is 78.9 Å². The second-order valence-electron chi connectivity index (χ2n) is 9.24. The highest BCUT2D eigenvalue weighted by Crippen LogP contribution is 2.33. The standard InChI is InChI=1S/C30H28Cl2N4O3/c1-20-24(19-27(21-8-6-11-23(18-21)39-2)36(20)22-9-4-3-5-10-22)29(37)34-14-16-35(17-15-34)30(38)33-26-13-7-12-25(31)28(26)32/h3-13,18-19H,14-17H2,1-2H3,(H,33,38). The summed E-state index contributed by atoms with van der Waals surface area (Å²) in [6, 6.07) is 24.5. The molecule has 1 aliphatic heterocycles. The molecule has 0 radical (unpaired) electrons. The lowest BCUT2D eigenvalue weighted by Gasteiger charge is -2.34. The number of nitrogens with one attached hydrogen (secondary N) is 1. The molecular formula is C30H28Cl2N4O3. The second kappa shape index (κ2) is 11.4. The van der Waals surface area contributed by atoms with Crippen LogP contribution in [0.25, 0.3) is 16.9 Å². The molecule has 2 heterocycles. The molecular weight excluding hydrogens is 535 g/mol. The first kappa shape index (κ1) is 26.7. The van der Waals surface area contributed by atoms with Gasteiger partial charge in [-0.25, -0.2) is 4.79 Å². The van der Waals surface area contributed by atoms with Crippen LogP contribution in [-0.4, -0.2) is 59.6 Å². The zero-order valence-electron chi connectivity index (χ0n) is 21.7. The van der Waals surface area contributed by atoms with E-state index in [1.54, 1.807) is 35.1 Å². The normalized spacial score (nSPS) is 13.3. The minimum absolute atomic E-state index is 0.0655. The minimum atomic E-state index is -0.280. The molecule has 0 unspecified atom stereocenters. The van der Waals surface area contributed by atoms with Gasteiger partial charge in [0.15, 0.2) is 0 Å². The van der Waals surface area contributed by atoms with E-state index in [1.807, 2.05) is 67.6 Å². The van der Waals surface area contributed by atoms with Crippen molar-refractivity contribution in [1.82, 2.24) is 14.4 Å². The maximum atomic E-state index is 13.8. The van der Waals surface area contributed by atoms with E-state index in [1.165, 1.54) is 0 Å². The minimum Gasteiger partial charge on any atom is -0.497 e. The van der Waals surface area contributed by atoms with Gasteiger partial charge in [-0.1, -0.05) is 59.6 Å². The van der Waals surface area contributed by atoms with Crippen molar-refractivity contribution in [1.29, 1.82) is 0 Å². The Morgan fingerprint density at radius 3 is 2.26 bits per heavy atom. The summed E-state index contributed by atoms with van der Waals surface area (Å²) in [6.45, 7) is 3.59. The summed E-state index contributed by atoms with van der Waals surface area (Å²) in [6.07, 6.45) is 0. The molecule has 0 atom stereocenters. The number of benzene rings is 3. The average Bonchev–Trinajstić information content (AvgIpc) is 3.32. The number of amides is 3. The van der Waals surface area contributed by atoms with Gasteiger partial charge in [-0.3, -0.25) is 4.79 Å². The second-order valence-corrected chi connectivity index (χ2v) is 10.0. The van der Waals surface area contributed by atoms with Gasteiger partial charge < -0.3 is 24.4 Å². The number of ether oxygens (including phenoxy) is 1. The van der Waals surface area contributed by atoms with Gasteiger partial charge in [0, 0.05) is 43.1 Å². The van der Waals surface area contributed by atoms with Crippen molar-refractivity contribution in [3.8, 4) is 22.7 Å². The predicted molar refractivity (Wildman–Crippen MR) is 155 cm³/mol. The Labute approximate surface area is 237 Å². The number of rotatable bonds is 5. The molecule has 7 nitrogen and oxygen atoms in total. The van der Waals surface area contributed by atoms with Crippen molar-refractivity contribution in [2.45, 2.75) is 6.92 Å². The number of carbonyl (C=O) groups is 2. The van der Waals surface area contributed by atoms with Gasteiger partial charge in [0.1, 0.15) is 5.75 Å². The van der Waals surface area contributed by atoms with E-state index in [0.29, 0.717) is 47.5 Å². The van der Waals surface area contributed by atoms with Crippen LogP contribution in [0, 0.1) is 6.92 Å². The number of hydrogen-bond donors (Lipinski definition) is 1. The lowest BCUT2D eigenvalue weighted by molar-refractivity contribution is 0.0671. The fourth-order valence-electron chi connectivity index (χ4n) is 4.81. The molecule has 3 amide bonds. The van der Waals surface area contributed by atoms with Crippen molar-refractivity contribution in [2.75, 3.05) is 38.6 Å². The fourth-order valence-corrected chi connectivity index (χ4v) is 5.15. The summed E-state index contributed by atoms with van der Waals surface area (Å²) in [5.74, 6) is 0.677. The quantitative estimate of drug-likeness (QED) is 0.292. The molecule has 1 N–H and O–H groups in total. The van der Waals surface area contributed by atoms with Crippen LogP contribution >= 0.6 is 23.2 Å². The highest BCUT2D eigenvalue weighted by Gasteiger charge is 2.28. The maximum absolute atomic E-state index is 13.8. The Kier molecular flexibility index (Phi) is 7.82. The lowest BCUT2D eigenvalue weighted by Crippen LogP contribution is -2.51. The van der Waals surface area contributed by atoms with Crippen molar-refractivity contribution >= 4 is 40.8 Å². The summed E-state index contributed by atoms with van der Waals surface area (Å²) in [4.78, 5) is 30.1. The van der Waals surface area contributed by atoms with Gasteiger partial charge in [-0.05, 0) is 49.4 Å². The topological polar surface area (TPSA) is 66.8 Å². The van der Waals surface area contributed by atoms with Gasteiger partial charge in [0.2, 0.25) is 0 Å². The summed E-state index contributed by atoms with van der Waals surface area (Å²) >= 11 is 12.3. The van der Waals surface area contributed by atoms with Crippen LogP contribution in [0.4, 0.5) is 10.5 Å². The van der Waals surface area contributed by atoms with Gasteiger partial charge in [-0.15, -0.1) is 0 Å². The Morgan fingerprint density at radius 1 is 0.846 bits per heavy atom. The molecule has 39 heavy (non-hydrogen) atoms. The van der Waals surface area contributed by atoms with Crippen molar-refractivity contribution in [2.24, 2.45) is 0 Å².